The smallest absolute Gasteiger partial charge is 0.352 e. The van der Waals surface area contributed by atoms with E-state index in [9.17, 15) is 19.5 Å². The van der Waals surface area contributed by atoms with Gasteiger partial charge in [-0.1, -0.05) is 30.3 Å². The van der Waals surface area contributed by atoms with Crippen LogP contribution in [0.25, 0.3) is 0 Å². The Bertz CT molecular complexity index is 739. The molecule has 2 aliphatic heterocycles. The topological polar surface area (TPSA) is 176 Å². The van der Waals surface area contributed by atoms with Crippen molar-refractivity contribution < 1.29 is 30.4 Å². The minimum atomic E-state index is -1.13. The summed E-state index contributed by atoms with van der Waals surface area (Å²) in [6.45, 7) is 1.69. The molecule has 0 saturated carbocycles. The molecule has 8 N–H and O–H groups in total. The number of carboxylic acids is 1. The number of carbonyl (C=O) groups excluding carboxylic acids is 2. The maximum Gasteiger partial charge on any atom is 0.352 e. The second kappa shape index (κ2) is 8.32. The number of nitrogens with one attached hydrogen (secondary N) is 1. The van der Waals surface area contributed by atoms with E-state index in [2.05, 4.69) is 5.32 Å². The number of thioether (sulfide) groups is 1. The third-order valence-electron chi connectivity index (χ3n) is 4.10. The van der Waals surface area contributed by atoms with Crippen LogP contribution in [0.5, 0.6) is 0 Å². The highest BCUT2D eigenvalue weighted by Gasteiger charge is 2.53. The molecule has 3 atom stereocenters. The molecule has 26 heavy (non-hydrogen) atoms. The number of benzene rings is 1. The Labute approximate surface area is 153 Å². The van der Waals surface area contributed by atoms with Gasteiger partial charge in [0.1, 0.15) is 23.2 Å². The molecule has 2 amide bonds. The fourth-order valence-corrected chi connectivity index (χ4v) is 4.12. The molecule has 1 aromatic rings. The van der Waals surface area contributed by atoms with E-state index in [4.69, 9.17) is 5.73 Å². The second-order valence-corrected chi connectivity index (χ2v) is 6.82. The van der Waals surface area contributed by atoms with Crippen LogP contribution in [0.3, 0.4) is 0 Å². The normalized spacial score (nSPS) is 22.2. The highest BCUT2D eigenvalue weighted by atomic mass is 32.2. The third kappa shape index (κ3) is 3.58. The van der Waals surface area contributed by atoms with Gasteiger partial charge < -0.3 is 27.1 Å². The lowest BCUT2D eigenvalue weighted by Gasteiger charge is -2.49. The molecule has 2 aliphatic rings. The van der Waals surface area contributed by atoms with E-state index >= 15 is 0 Å². The number of nitrogens with two attached hydrogens (primary N) is 1. The van der Waals surface area contributed by atoms with Crippen LogP contribution < -0.4 is 11.1 Å². The first-order chi connectivity index (χ1) is 11.4. The van der Waals surface area contributed by atoms with Gasteiger partial charge in [-0.3, -0.25) is 14.5 Å². The molecule has 0 aromatic heterocycles. The minimum absolute atomic E-state index is 0. The van der Waals surface area contributed by atoms with Crippen molar-refractivity contribution in [3.05, 3.63) is 47.2 Å². The number of hydrogen-bond donors (Lipinski definition) is 3. The van der Waals surface area contributed by atoms with Crippen LogP contribution in [-0.4, -0.2) is 55.9 Å². The van der Waals surface area contributed by atoms with E-state index in [0.29, 0.717) is 16.9 Å². The van der Waals surface area contributed by atoms with E-state index in [0.717, 1.165) is 0 Å². The van der Waals surface area contributed by atoms with Gasteiger partial charge >= 0.3 is 5.97 Å². The molecule has 1 aromatic carbocycles. The molecule has 0 bridgehead atoms. The zero-order valence-electron chi connectivity index (χ0n) is 13.9. The van der Waals surface area contributed by atoms with Gasteiger partial charge in [0.15, 0.2) is 0 Å². The number of rotatable bonds is 4. The first kappa shape index (κ1) is 21.6. The summed E-state index contributed by atoms with van der Waals surface area (Å²) in [6, 6.07) is 7.23. The molecule has 10 heteroatoms. The van der Waals surface area contributed by atoms with Crippen LogP contribution in [0, 0.1) is 0 Å². The number of fused-ring (bicyclic) bond motifs is 1. The zero-order valence-corrected chi connectivity index (χ0v) is 14.7. The third-order valence-corrected chi connectivity index (χ3v) is 5.52. The number of β-lactam (4-membered cyclic amide) rings is 1. The van der Waals surface area contributed by atoms with Gasteiger partial charge in [-0.2, -0.15) is 0 Å². The van der Waals surface area contributed by atoms with Crippen molar-refractivity contribution in [2.24, 2.45) is 5.73 Å². The van der Waals surface area contributed by atoms with E-state index in [1.807, 2.05) is 6.07 Å². The van der Waals surface area contributed by atoms with Gasteiger partial charge in [0, 0.05) is 5.75 Å². The fourth-order valence-electron chi connectivity index (χ4n) is 2.83. The fraction of sp³-hybridized carbons (Fsp3) is 0.312. The summed E-state index contributed by atoms with van der Waals surface area (Å²) in [4.78, 5) is 37.2. The molecule has 2 heterocycles. The van der Waals surface area contributed by atoms with Gasteiger partial charge in [-0.15, -0.1) is 11.8 Å². The number of carbonyl (C=O) groups is 3. The van der Waals surface area contributed by atoms with Gasteiger partial charge in [-0.05, 0) is 18.1 Å². The van der Waals surface area contributed by atoms with Crippen molar-refractivity contribution >= 4 is 29.5 Å². The Morgan fingerprint density at radius 2 is 1.92 bits per heavy atom. The quantitative estimate of drug-likeness (QED) is 0.550. The standard InChI is InChI=1S/C16H17N3O4S.2H2O/c1-8-7-24-15-11(14(21)19(15)12(8)16(22)23)18-13(20)10(17)9-5-3-2-4-6-9;;/h2-6,10-11,15H,7,17H2,1H3,(H,18,20)(H,22,23);2*1H2/t10?,11-,15-;;/m1../s1. The Kier molecular flexibility index (Phi) is 6.93. The summed E-state index contributed by atoms with van der Waals surface area (Å²) in [5, 5.41) is 11.5. The van der Waals surface area contributed by atoms with Crippen molar-refractivity contribution in [3.63, 3.8) is 0 Å². The maximum absolute atomic E-state index is 12.3. The van der Waals surface area contributed by atoms with Crippen LogP contribution in [0.15, 0.2) is 41.6 Å². The molecule has 1 unspecified atom stereocenters. The SMILES string of the molecule is CC1=C(C(=O)O)N2C(=O)[C@@H](NC(=O)C(N)c3ccccc3)[C@H]2SC1.O.O. The van der Waals surface area contributed by atoms with Crippen LogP contribution in [0.1, 0.15) is 18.5 Å². The summed E-state index contributed by atoms with van der Waals surface area (Å²) in [5.74, 6) is -1.50. The summed E-state index contributed by atoms with van der Waals surface area (Å²) in [7, 11) is 0. The number of nitrogens with zero attached hydrogens (tertiary/aromatic N) is 1. The largest absolute Gasteiger partial charge is 0.477 e. The monoisotopic (exact) mass is 383 g/mol. The Hall–Kier alpha value is -2.40. The van der Waals surface area contributed by atoms with E-state index in [1.54, 1.807) is 31.2 Å². The summed E-state index contributed by atoms with van der Waals surface area (Å²) < 4.78 is 0. The van der Waals surface area contributed by atoms with Crippen LogP contribution >= 0.6 is 11.8 Å². The van der Waals surface area contributed by atoms with Crippen molar-refractivity contribution in [2.75, 3.05) is 5.75 Å². The van der Waals surface area contributed by atoms with Gasteiger partial charge in [0.2, 0.25) is 5.91 Å². The lowest BCUT2D eigenvalue weighted by molar-refractivity contribution is -0.150. The average Bonchev–Trinajstić information content (AvgIpc) is 2.59. The minimum Gasteiger partial charge on any atom is -0.477 e. The highest BCUT2D eigenvalue weighted by molar-refractivity contribution is 8.00. The molecule has 0 spiro atoms. The molecular formula is C16H21N3O6S. The summed E-state index contributed by atoms with van der Waals surface area (Å²) >= 11 is 1.43. The molecule has 0 aliphatic carbocycles. The molecular weight excluding hydrogens is 362 g/mol. The van der Waals surface area contributed by atoms with Gasteiger partial charge in [0.25, 0.3) is 5.91 Å². The number of carboxylic acid groups (broad SMARTS) is 1. The van der Waals surface area contributed by atoms with Crippen molar-refractivity contribution in [1.82, 2.24) is 10.2 Å². The lowest BCUT2D eigenvalue weighted by Crippen LogP contribution is -2.71. The van der Waals surface area contributed by atoms with Crippen LogP contribution in [-0.2, 0) is 14.4 Å². The van der Waals surface area contributed by atoms with E-state index in [1.165, 1.54) is 16.7 Å². The van der Waals surface area contributed by atoms with E-state index in [-0.39, 0.29) is 16.6 Å². The summed E-state index contributed by atoms with van der Waals surface area (Å²) in [5.41, 5.74) is 7.24. The van der Waals surface area contributed by atoms with Crippen LogP contribution in [0.4, 0.5) is 0 Å². The maximum atomic E-state index is 12.3. The van der Waals surface area contributed by atoms with E-state index < -0.39 is 35.2 Å². The number of amides is 2. The average molecular weight is 383 g/mol. The molecule has 142 valence electrons. The first-order valence-corrected chi connectivity index (χ1v) is 8.45. The highest BCUT2D eigenvalue weighted by Crippen LogP contribution is 2.40. The summed E-state index contributed by atoms with van der Waals surface area (Å²) in [6.07, 6.45) is 0. The van der Waals surface area contributed by atoms with Gasteiger partial charge in [-0.25, -0.2) is 4.79 Å². The molecule has 1 saturated heterocycles. The number of aliphatic carboxylic acids is 1. The zero-order chi connectivity index (χ0) is 17.4. The molecule has 0 radical (unpaired) electrons. The predicted molar refractivity (Wildman–Crippen MR) is 96.0 cm³/mol. The van der Waals surface area contributed by atoms with Crippen molar-refractivity contribution in [1.29, 1.82) is 0 Å². The van der Waals surface area contributed by atoms with Gasteiger partial charge in [0.05, 0.1) is 0 Å². The Balaban J connectivity index is 0.00000169. The number of hydrogen-bond acceptors (Lipinski definition) is 5. The second-order valence-electron chi connectivity index (χ2n) is 5.72. The molecule has 3 rings (SSSR count). The Morgan fingerprint density at radius 3 is 2.50 bits per heavy atom. The first-order valence-electron chi connectivity index (χ1n) is 7.40. The van der Waals surface area contributed by atoms with Crippen molar-refractivity contribution in [3.8, 4) is 0 Å². The Morgan fingerprint density at radius 1 is 1.31 bits per heavy atom. The van der Waals surface area contributed by atoms with Crippen LogP contribution in [0.2, 0.25) is 0 Å². The molecule has 9 nitrogen and oxygen atoms in total. The predicted octanol–water partition coefficient (Wildman–Crippen LogP) is -1.20. The lowest BCUT2D eigenvalue weighted by atomic mass is 10.0. The molecule has 1 fully saturated rings. The van der Waals surface area contributed by atoms with Crippen molar-refractivity contribution in [2.45, 2.75) is 24.4 Å².